The van der Waals surface area contributed by atoms with Gasteiger partial charge in [0.1, 0.15) is 0 Å². The molecule has 1 saturated heterocycles. The van der Waals surface area contributed by atoms with Gasteiger partial charge in [-0.15, -0.1) is 10.2 Å². The Bertz CT molecular complexity index is 371. The lowest BCUT2D eigenvalue weighted by Crippen LogP contribution is -2.29. The molecule has 0 amide bonds. The molecule has 1 N–H and O–H groups in total. The molecule has 2 heterocycles. The van der Waals surface area contributed by atoms with E-state index in [9.17, 15) is 4.79 Å². The summed E-state index contributed by atoms with van der Waals surface area (Å²) in [5.41, 5.74) is -0.163. The van der Waals surface area contributed by atoms with Crippen molar-refractivity contribution in [1.82, 2.24) is 10.2 Å². The number of aromatic nitrogens is 2. The van der Waals surface area contributed by atoms with Crippen LogP contribution in [0.25, 0.3) is 0 Å². The minimum absolute atomic E-state index is 0.163. The molecule has 6 heteroatoms. The number of nitrogens with zero attached hydrogens (tertiary/aromatic N) is 2. The van der Waals surface area contributed by atoms with Gasteiger partial charge in [0.2, 0.25) is 5.89 Å². The topological polar surface area (TPSA) is 76.2 Å². The smallest absolute Gasteiger partial charge is 0.393 e. The van der Waals surface area contributed by atoms with E-state index in [2.05, 4.69) is 10.2 Å². The van der Waals surface area contributed by atoms with Crippen LogP contribution in [-0.2, 0) is 5.41 Å². The van der Waals surface area contributed by atoms with Crippen LogP contribution >= 0.6 is 11.8 Å². The Hall–Kier alpha value is -1.04. The SMILES string of the molecule is CC1(c2nnc(C(=O)O)o2)CCCSC1. The Morgan fingerprint density at radius 2 is 2.40 bits per heavy atom. The molecule has 0 aliphatic carbocycles. The van der Waals surface area contributed by atoms with Gasteiger partial charge in [-0.2, -0.15) is 11.8 Å². The summed E-state index contributed by atoms with van der Waals surface area (Å²) >= 11 is 1.84. The summed E-state index contributed by atoms with van der Waals surface area (Å²) in [6, 6.07) is 0. The van der Waals surface area contributed by atoms with Gasteiger partial charge >= 0.3 is 11.9 Å². The Kier molecular flexibility index (Phi) is 2.68. The molecule has 0 saturated carbocycles. The van der Waals surface area contributed by atoms with Gasteiger partial charge in [-0.1, -0.05) is 0 Å². The van der Waals surface area contributed by atoms with Crippen molar-refractivity contribution in [3.8, 4) is 0 Å². The van der Waals surface area contributed by atoms with Crippen LogP contribution in [0.5, 0.6) is 0 Å². The van der Waals surface area contributed by atoms with Crippen molar-refractivity contribution in [2.24, 2.45) is 0 Å². The summed E-state index contributed by atoms with van der Waals surface area (Å²) < 4.78 is 5.15. The van der Waals surface area contributed by atoms with Crippen molar-refractivity contribution in [3.63, 3.8) is 0 Å². The van der Waals surface area contributed by atoms with E-state index in [1.54, 1.807) is 0 Å². The highest BCUT2D eigenvalue weighted by atomic mass is 32.2. The van der Waals surface area contributed by atoms with E-state index in [1.807, 2.05) is 18.7 Å². The zero-order chi connectivity index (χ0) is 10.9. The van der Waals surface area contributed by atoms with E-state index >= 15 is 0 Å². The minimum Gasteiger partial charge on any atom is -0.474 e. The molecular formula is C9H12N2O3S. The Morgan fingerprint density at radius 3 is 2.93 bits per heavy atom. The zero-order valence-corrected chi connectivity index (χ0v) is 9.21. The molecule has 15 heavy (non-hydrogen) atoms. The third kappa shape index (κ3) is 1.99. The molecule has 1 aromatic rings. The van der Waals surface area contributed by atoms with Crippen molar-refractivity contribution < 1.29 is 14.3 Å². The van der Waals surface area contributed by atoms with Gasteiger partial charge in [0, 0.05) is 5.75 Å². The first-order valence-corrected chi connectivity index (χ1v) is 5.92. The molecule has 82 valence electrons. The number of hydrogen-bond acceptors (Lipinski definition) is 5. The molecule has 0 spiro atoms. The van der Waals surface area contributed by atoms with Crippen molar-refractivity contribution >= 4 is 17.7 Å². The minimum atomic E-state index is -1.17. The summed E-state index contributed by atoms with van der Waals surface area (Å²) in [6.07, 6.45) is 2.08. The largest absolute Gasteiger partial charge is 0.474 e. The quantitative estimate of drug-likeness (QED) is 0.827. The normalized spacial score (nSPS) is 26.5. The number of carboxylic acids is 1. The monoisotopic (exact) mass is 228 g/mol. The van der Waals surface area contributed by atoms with Crippen molar-refractivity contribution in [3.05, 3.63) is 11.8 Å². The maximum atomic E-state index is 10.6. The average molecular weight is 228 g/mol. The first kappa shape index (κ1) is 10.5. The molecule has 1 atom stereocenters. The number of carboxylic acid groups (broad SMARTS) is 1. The molecule has 1 unspecified atom stereocenters. The Labute approximate surface area is 91.3 Å². The van der Waals surface area contributed by atoms with E-state index in [1.165, 1.54) is 0 Å². The molecule has 5 nitrogen and oxygen atoms in total. The maximum Gasteiger partial charge on any atom is 0.393 e. The van der Waals surface area contributed by atoms with E-state index in [0.717, 1.165) is 24.3 Å². The molecule has 1 aliphatic rings. The van der Waals surface area contributed by atoms with Crippen molar-refractivity contribution in [2.75, 3.05) is 11.5 Å². The highest BCUT2D eigenvalue weighted by Gasteiger charge is 2.35. The van der Waals surface area contributed by atoms with Crippen LogP contribution < -0.4 is 0 Å². The van der Waals surface area contributed by atoms with Gasteiger partial charge in [-0.3, -0.25) is 0 Å². The van der Waals surface area contributed by atoms with Gasteiger partial charge in [0.25, 0.3) is 0 Å². The summed E-state index contributed by atoms with van der Waals surface area (Å²) in [4.78, 5) is 10.6. The number of carbonyl (C=O) groups is 1. The summed E-state index contributed by atoms with van der Waals surface area (Å²) in [5.74, 6) is 1.03. The zero-order valence-electron chi connectivity index (χ0n) is 8.39. The van der Waals surface area contributed by atoms with Crippen LogP contribution in [0.4, 0.5) is 0 Å². The van der Waals surface area contributed by atoms with Gasteiger partial charge in [0.05, 0.1) is 5.41 Å². The lowest BCUT2D eigenvalue weighted by Gasteiger charge is -2.29. The second kappa shape index (κ2) is 3.84. The van der Waals surface area contributed by atoms with Crippen LogP contribution in [0.2, 0.25) is 0 Å². The van der Waals surface area contributed by atoms with E-state index in [0.29, 0.717) is 5.89 Å². The predicted octanol–water partition coefficient (Wildman–Crippen LogP) is 1.55. The summed E-state index contributed by atoms with van der Waals surface area (Å²) in [6.45, 7) is 2.04. The van der Waals surface area contributed by atoms with Gasteiger partial charge < -0.3 is 9.52 Å². The van der Waals surface area contributed by atoms with Crippen LogP contribution in [0.3, 0.4) is 0 Å². The molecule has 0 radical (unpaired) electrons. The number of aromatic carboxylic acids is 1. The second-order valence-corrected chi connectivity index (χ2v) is 5.04. The van der Waals surface area contributed by atoms with Gasteiger partial charge in [0.15, 0.2) is 0 Å². The highest BCUT2D eigenvalue weighted by molar-refractivity contribution is 7.99. The maximum absolute atomic E-state index is 10.6. The van der Waals surface area contributed by atoms with E-state index in [4.69, 9.17) is 9.52 Å². The third-order valence-electron chi connectivity index (χ3n) is 2.56. The van der Waals surface area contributed by atoms with Gasteiger partial charge in [-0.25, -0.2) is 4.79 Å². The van der Waals surface area contributed by atoms with E-state index < -0.39 is 5.97 Å². The first-order chi connectivity index (χ1) is 7.12. The lowest BCUT2D eigenvalue weighted by molar-refractivity contribution is 0.0649. The predicted molar refractivity (Wildman–Crippen MR) is 55.2 cm³/mol. The standard InChI is InChI=1S/C9H12N2O3S/c1-9(3-2-4-15-5-9)8-11-10-6(14-8)7(12)13/h2-5H2,1H3,(H,12,13). The molecule has 0 bridgehead atoms. The summed E-state index contributed by atoms with van der Waals surface area (Å²) in [5, 5.41) is 16.0. The molecule has 0 aromatic carbocycles. The first-order valence-electron chi connectivity index (χ1n) is 4.77. The highest BCUT2D eigenvalue weighted by Crippen LogP contribution is 2.36. The lowest BCUT2D eigenvalue weighted by atomic mass is 9.87. The number of hydrogen-bond donors (Lipinski definition) is 1. The van der Waals surface area contributed by atoms with Crippen LogP contribution in [0, 0.1) is 0 Å². The second-order valence-electron chi connectivity index (χ2n) is 3.93. The molecule has 1 fully saturated rings. The Morgan fingerprint density at radius 1 is 1.60 bits per heavy atom. The van der Waals surface area contributed by atoms with Gasteiger partial charge in [-0.05, 0) is 25.5 Å². The Balaban J connectivity index is 2.23. The van der Waals surface area contributed by atoms with Crippen LogP contribution in [0.15, 0.2) is 4.42 Å². The van der Waals surface area contributed by atoms with Crippen LogP contribution in [-0.4, -0.2) is 32.8 Å². The molecule has 1 aromatic heterocycles. The number of rotatable bonds is 2. The van der Waals surface area contributed by atoms with Crippen LogP contribution in [0.1, 0.15) is 36.3 Å². The molecule has 2 rings (SSSR count). The summed E-state index contributed by atoms with van der Waals surface area (Å²) in [7, 11) is 0. The average Bonchev–Trinajstić information content (AvgIpc) is 2.68. The molecular weight excluding hydrogens is 216 g/mol. The fourth-order valence-corrected chi connectivity index (χ4v) is 2.87. The molecule has 1 aliphatic heterocycles. The fourth-order valence-electron chi connectivity index (χ4n) is 1.66. The van der Waals surface area contributed by atoms with Crippen molar-refractivity contribution in [2.45, 2.75) is 25.2 Å². The fraction of sp³-hybridized carbons (Fsp3) is 0.667. The third-order valence-corrected chi connectivity index (χ3v) is 3.98. The number of thioether (sulfide) groups is 1. The van der Waals surface area contributed by atoms with E-state index in [-0.39, 0.29) is 11.3 Å². The van der Waals surface area contributed by atoms with Crippen molar-refractivity contribution in [1.29, 1.82) is 0 Å².